The summed E-state index contributed by atoms with van der Waals surface area (Å²) in [6, 6.07) is 1.68. The number of nitrogens with zero attached hydrogens (tertiary/aromatic N) is 3. The normalized spacial score (nSPS) is 16.9. The van der Waals surface area contributed by atoms with E-state index in [4.69, 9.17) is 0 Å². The van der Waals surface area contributed by atoms with Gasteiger partial charge in [-0.15, -0.1) is 11.3 Å². The average Bonchev–Trinajstić information content (AvgIpc) is 3.05. The monoisotopic (exact) mass is 452 g/mol. The third-order valence-electron chi connectivity index (χ3n) is 5.30. The topological polar surface area (TPSA) is 101 Å². The van der Waals surface area contributed by atoms with Gasteiger partial charge in [0.1, 0.15) is 12.1 Å². The van der Waals surface area contributed by atoms with Gasteiger partial charge < -0.3 is 10.1 Å². The number of hydrogen-bond donors (Lipinski definition) is 1. The smallest absolute Gasteiger partial charge is 0.315 e. The molecular formula is C20H22F2N4O4S. The number of thiazole rings is 1. The van der Waals surface area contributed by atoms with Gasteiger partial charge in [0, 0.05) is 23.1 Å². The number of ether oxygens (including phenoxy) is 1. The van der Waals surface area contributed by atoms with Gasteiger partial charge in [-0.25, -0.2) is 4.98 Å². The van der Waals surface area contributed by atoms with Crippen LogP contribution in [0.15, 0.2) is 12.1 Å². The molecule has 0 radical (unpaired) electrons. The van der Waals surface area contributed by atoms with Crippen LogP contribution in [0.5, 0.6) is 0 Å². The molecule has 2 aromatic heterocycles. The summed E-state index contributed by atoms with van der Waals surface area (Å²) >= 11 is 0.989. The predicted octanol–water partition coefficient (Wildman–Crippen LogP) is 3.27. The van der Waals surface area contributed by atoms with E-state index in [1.807, 2.05) is 0 Å². The molecule has 11 heteroatoms. The van der Waals surface area contributed by atoms with E-state index in [1.165, 1.54) is 0 Å². The molecule has 166 valence electrons. The van der Waals surface area contributed by atoms with Crippen LogP contribution in [0.1, 0.15) is 48.5 Å². The van der Waals surface area contributed by atoms with Crippen LogP contribution in [0.3, 0.4) is 0 Å². The summed E-state index contributed by atoms with van der Waals surface area (Å²) in [5.74, 6) is -4.35. The number of aryl methyl sites for hydroxylation is 1. The quantitative estimate of drug-likeness (QED) is 0.410. The fraction of sp³-hybridized carbons (Fsp3) is 0.450. The van der Waals surface area contributed by atoms with E-state index in [9.17, 15) is 23.2 Å². The van der Waals surface area contributed by atoms with Gasteiger partial charge >= 0.3 is 5.97 Å². The molecule has 0 spiro atoms. The lowest BCUT2D eigenvalue weighted by Crippen LogP contribution is -2.52. The van der Waals surface area contributed by atoms with Crippen LogP contribution < -0.4 is 10.2 Å². The van der Waals surface area contributed by atoms with E-state index in [1.54, 1.807) is 6.92 Å². The van der Waals surface area contributed by atoms with Crippen molar-refractivity contribution in [2.45, 2.75) is 46.1 Å². The highest BCUT2D eigenvalue weighted by Crippen LogP contribution is 2.40. The number of carbonyl (C=O) groups is 3. The molecule has 0 bridgehead atoms. The van der Waals surface area contributed by atoms with Crippen LogP contribution in [-0.4, -0.2) is 40.9 Å². The molecule has 2 heterocycles. The number of anilines is 2. The second kappa shape index (κ2) is 8.66. The van der Waals surface area contributed by atoms with Gasteiger partial charge in [0.05, 0.1) is 12.8 Å². The molecule has 1 N–H and O–H groups in total. The third kappa shape index (κ3) is 4.87. The predicted molar refractivity (Wildman–Crippen MR) is 109 cm³/mol. The molecule has 1 saturated carbocycles. The first-order valence-corrected chi connectivity index (χ1v) is 10.3. The van der Waals surface area contributed by atoms with E-state index in [0.717, 1.165) is 48.3 Å². The third-order valence-corrected chi connectivity index (χ3v) is 6.25. The zero-order valence-corrected chi connectivity index (χ0v) is 18.3. The largest absolute Gasteiger partial charge is 0.469 e. The lowest BCUT2D eigenvalue weighted by molar-refractivity contribution is -0.143. The van der Waals surface area contributed by atoms with Crippen molar-refractivity contribution in [1.82, 2.24) is 15.3 Å². The van der Waals surface area contributed by atoms with E-state index < -0.39 is 36.1 Å². The molecule has 1 aliphatic carbocycles. The summed E-state index contributed by atoms with van der Waals surface area (Å²) in [6.07, 6.45) is 1.17. The van der Waals surface area contributed by atoms with Crippen molar-refractivity contribution in [2.24, 2.45) is 5.41 Å². The maximum Gasteiger partial charge on any atom is 0.315 e. The Morgan fingerprint density at radius 3 is 2.42 bits per heavy atom. The SMILES string of the molecule is COC(=O)CC(=O)N(c1cc(F)nc(F)c1)c1nc(C(=O)NC2CCC2(C)C)c(C)s1. The molecule has 2 aromatic rings. The summed E-state index contributed by atoms with van der Waals surface area (Å²) in [5, 5.41) is 2.94. The number of pyridine rings is 1. The molecule has 8 nitrogen and oxygen atoms in total. The Hall–Kier alpha value is -2.95. The van der Waals surface area contributed by atoms with Crippen molar-refractivity contribution in [3.8, 4) is 0 Å². The summed E-state index contributed by atoms with van der Waals surface area (Å²) < 4.78 is 31.9. The van der Waals surface area contributed by atoms with Crippen LogP contribution in [0, 0.1) is 24.2 Å². The molecular weight excluding hydrogens is 430 g/mol. The molecule has 1 fully saturated rings. The van der Waals surface area contributed by atoms with Crippen molar-refractivity contribution >= 4 is 39.9 Å². The van der Waals surface area contributed by atoms with E-state index in [0.29, 0.717) is 4.88 Å². The van der Waals surface area contributed by atoms with Crippen molar-refractivity contribution in [3.63, 3.8) is 0 Å². The Labute approximate surface area is 181 Å². The average molecular weight is 452 g/mol. The highest BCUT2D eigenvalue weighted by atomic mass is 32.1. The highest BCUT2D eigenvalue weighted by Gasteiger charge is 2.40. The van der Waals surface area contributed by atoms with E-state index in [-0.39, 0.29) is 28.0 Å². The van der Waals surface area contributed by atoms with Gasteiger partial charge in [-0.1, -0.05) is 13.8 Å². The molecule has 1 aliphatic rings. The molecule has 1 unspecified atom stereocenters. The minimum Gasteiger partial charge on any atom is -0.469 e. The molecule has 31 heavy (non-hydrogen) atoms. The number of halogens is 2. The van der Waals surface area contributed by atoms with Crippen molar-refractivity contribution in [3.05, 3.63) is 34.6 Å². The van der Waals surface area contributed by atoms with Crippen molar-refractivity contribution in [1.29, 1.82) is 0 Å². The minimum absolute atomic E-state index is 0.00463. The summed E-state index contributed by atoms with van der Waals surface area (Å²) in [5.41, 5.74) is -0.120. The Morgan fingerprint density at radius 1 is 1.26 bits per heavy atom. The Kier molecular flexibility index (Phi) is 6.35. The number of hydrogen-bond acceptors (Lipinski definition) is 7. The van der Waals surface area contributed by atoms with Gasteiger partial charge in [-0.05, 0) is 25.2 Å². The fourth-order valence-corrected chi connectivity index (χ4v) is 4.21. The number of carbonyl (C=O) groups excluding carboxylic acids is 3. The van der Waals surface area contributed by atoms with Crippen LogP contribution in [0.4, 0.5) is 19.6 Å². The molecule has 0 aliphatic heterocycles. The zero-order chi connectivity index (χ0) is 22.9. The number of amides is 2. The van der Waals surface area contributed by atoms with Crippen LogP contribution in [0.25, 0.3) is 0 Å². The van der Waals surface area contributed by atoms with Gasteiger partial charge in [-0.2, -0.15) is 13.8 Å². The maximum absolute atomic E-state index is 13.7. The molecule has 0 aromatic carbocycles. The first-order chi connectivity index (χ1) is 14.5. The van der Waals surface area contributed by atoms with Crippen molar-refractivity contribution in [2.75, 3.05) is 12.0 Å². The summed E-state index contributed by atoms with van der Waals surface area (Å²) in [4.78, 5) is 45.8. The number of rotatable bonds is 6. The number of methoxy groups -OCH3 is 1. The first-order valence-electron chi connectivity index (χ1n) is 9.53. The molecule has 2 amide bonds. The Bertz CT molecular complexity index is 1020. The minimum atomic E-state index is -1.15. The van der Waals surface area contributed by atoms with Crippen LogP contribution in [0.2, 0.25) is 0 Å². The second-order valence-corrected chi connectivity index (χ2v) is 9.09. The van der Waals surface area contributed by atoms with E-state index >= 15 is 0 Å². The lowest BCUT2D eigenvalue weighted by atomic mass is 9.67. The molecule has 3 rings (SSSR count). The lowest BCUT2D eigenvalue weighted by Gasteiger charge is -2.44. The standard InChI is InChI=1S/C20H22F2N4O4S/c1-10-17(18(29)23-12-5-6-20(12,2)3)25-19(31-10)26(15(27)9-16(28)30-4)11-7-13(21)24-14(22)8-11/h7-8,12H,5-6,9H2,1-4H3,(H,23,29). The maximum atomic E-state index is 13.7. The number of esters is 1. The molecule has 1 atom stereocenters. The highest BCUT2D eigenvalue weighted by molar-refractivity contribution is 7.16. The fourth-order valence-electron chi connectivity index (χ4n) is 3.27. The molecule has 0 saturated heterocycles. The van der Waals surface area contributed by atoms with Gasteiger partial charge in [0.15, 0.2) is 5.13 Å². The zero-order valence-electron chi connectivity index (χ0n) is 17.5. The first kappa shape index (κ1) is 22.7. The van der Waals surface area contributed by atoms with Crippen LogP contribution >= 0.6 is 11.3 Å². The van der Waals surface area contributed by atoms with Gasteiger partial charge in [-0.3, -0.25) is 19.3 Å². The Balaban J connectivity index is 1.95. The summed E-state index contributed by atoms with van der Waals surface area (Å²) in [6.45, 7) is 5.76. The van der Waals surface area contributed by atoms with E-state index in [2.05, 4.69) is 33.9 Å². The Morgan fingerprint density at radius 2 is 1.90 bits per heavy atom. The van der Waals surface area contributed by atoms with Crippen LogP contribution in [-0.2, 0) is 14.3 Å². The number of nitrogens with one attached hydrogen (secondary N) is 1. The van der Waals surface area contributed by atoms with Gasteiger partial charge in [0.2, 0.25) is 17.8 Å². The van der Waals surface area contributed by atoms with Gasteiger partial charge in [0.25, 0.3) is 5.91 Å². The number of aromatic nitrogens is 2. The van der Waals surface area contributed by atoms with Crippen molar-refractivity contribution < 1.29 is 27.9 Å². The second-order valence-electron chi connectivity index (χ2n) is 7.91. The summed E-state index contributed by atoms with van der Waals surface area (Å²) in [7, 11) is 1.11.